The summed E-state index contributed by atoms with van der Waals surface area (Å²) in [5, 5.41) is 8.02. The van der Waals surface area contributed by atoms with Gasteiger partial charge >= 0.3 is 0 Å². The van der Waals surface area contributed by atoms with Crippen LogP contribution in [-0.4, -0.2) is 30.6 Å². The fourth-order valence-electron chi connectivity index (χ4n) is 2.96. The summed E-state index contributed by atoms with van der Waals surface area (Å²) in [5.41, 5.74) is 1.65. The van der Waals surface area contributed by atoms with E-state index in [2.05, 4.69) is 16.0 Å². The maximum Gasteiger partial charge on any atom is 0.254 e. The van der Waals surface area contributed by atoms with Gasteiger partial charge in [-0.25, -0.2) is 0 Å². The monoisotopic (exact) mass is 367 g/mol. The van der Waals surface area contributed by atoms with Crippen LogP contribution in [0, 0.1) is 0 Å². The van der Waals surface area contributed by atoms with Crippen LogP contribution in [0.4, 0.5) is 5.69 Å². The lowest BCUT2D eigenvalue weighted by molar-refractivity contribution is -0.125. The Hall–Kier alpha value is -3.55. The Morgan fingerprint density at radius 2 is 1.93 bits per heavy atom. The van der Waals surface area contributed by atoms with E-state index in [0.29, 0.717) is 22.7 Å². The Morgan fingerprint density at radius 3 is 2.81 bits per heavy atom. The van der Waals surface area contributed by atoms with Crippen LogP contribution in [0.25, 0.3) is 0 Å². The van der Waals surface area contributed by atoms with Crippen molar-refractivity contribution >= 4 is 23.4 Å². The lowest BCUT2D eigenvalue weighted by atomic mass is 10.1. The van der Waals surface area contributed by atoms with Crippen molar-refractivity contribution in [2.24, 2.45) is 0 Å². The summed E-state index contributed by atoms with van der Waals surface area (Å²) < 4.78 is 10.5. The third-order valence-corrected chi connectivity index (χ3v) is 4.37. The minimum Gasteiger partial charge on any atom is -0.454 e. The van der Waals surface area contributed by atoms with Gasteiger partial charge in [-0.2, -0.15) is 0 Å². The van der Waals surface area contributed by atoms with Gasteiger partial charge in [0.15, 0.2) is 11.5 Å². The summed E-state index contributed by atoms with van der Waals surface area (Å²) in [5.74, 6) is 0.139. The molecule has 0 saturated heterocycles. The van der Waals surface area contributed by atoms with Crippen LogP contribution in [0.2, 0.25) is 0 Å². The zero-order valence-electron chi connectivity index (χ0n) is 14.3. The van der Waals surface area contributed by atoms with Gasteiger partial charge < -0.3 is 25.4 Å². The lowest BCUT2D eigenvalue weighted by Crippen LogP contribution is -2.44. The quantitative estimate of drug-likeness (QED) is 0.752. The normalized spacial score (nSPS) is 17.4. The molecule has 27 heavy (non-hydrogen) atoms. The summed E-state index contributed by atoms with van der Waals surface area (Å²) in [6.07, 6.45) is -0.157. The van der Waals surface area contributed by atoms with Crippen molar-refractivity contribution in [3.05, 3.63) is 53.6 Å². The number of rotatable bonds is 4. The third kappa shape index (κ3) is 3.55. The Balaban J connectivity index is 1.37. The maximum absolute atomic E-state index is 12.3. The first-order valence-electron chi connectivity index (χ1n) is 8.46. The highest BCUT2D eigenvalue weighted by molar-refractivity contribution is 6.10. The van der Waals surface area contributed by atoms with Crippen molar-refractivity contribution in [2.75, 3.05) is 12.1 Å². The van der Waals surface area contributed by atoms with Crippen molar-refractivity contribution < 1.29 is 23.9 Å². The van der Waals surface area contributed by atoms with Crippen LogP contribution in [0.1, 0.15) is 22.3 Å². The molecule has 2 aliphatic rings. The molecule has 3 N–H and O–H groups in total. The smallest absolute Gasteiger partial charge is 0.254 e. The molecule has 0 bridgehead atoms. The van der Waals surface area contributed by atoms with Crippen molar-refractivity contribution in [1.29, 1.82) is 0 Å². The molecular weight excluding hydrogens is 350 g/mol. The average Bonchev–Trinajstić information content (AvgIpc) is 3.09. The van der Waals surface area contributed by atoms with E-state index in [1.807, 2.05) is 6.07 Å². The van der Waals surface area contributed by atoms with Crippen molar-refractivity contribution in [3.63, 3.8) is 0 Å². The number of para-hydroxylation sites is 1. The molecule has 0 unspecified atom stereocenters. The zero-order chi connectivity index (χ0) is 18.8. The van der Waals surface area contributed by atoms with Crippen molar-refractivity contribution in [1.82, 2.24) is 10.6 Å². The topological polar surface area (TPSA) is 106 Å². The largest absolute Gasteiger partial charge is 0.454 e. The zero-order valence-corrected chi connectivity index (χ0v) is 14.3. The molecule has 3 amide bonds. The van der Waals surface area contributed by atoms with E-state index < -0.39 is 17.9 Å². The number of hydrogen-bond acceptors (Lipinski definition) is 5. The van der Waals surface area contributed by atoms with Gasteiger partial charge in [-0.1, -0.05) is 18.2 Å². The number of ether oxygens (including phenoxy) is 2. The standard InChI is InChI=1S/C19H17N3O5/c23-17(20-9-11-5-6-15-16(7-11)27-10-26-15)8-14-19(25)21-13-4-2-1-3-12(13)18(24)22-14/h1-7,14H,8-10H2,(H,20,23)(H,21,25)(H,22,24)/t14-/m0/s1. The first-order valence-corrected chi connectivity index (χ1v) is 8.46. The Kier molecular flexibility index (Phi) is 4.37. The molecule has 0 aliphatic carbocycles. The number of carbonyl (C=O) groups excluding carboxylic acids is 3. The molecule has 0 spiro atoms. The molecule has 2 heterocycles. The lowest BCUT2D eigenvalue weighted by Gasteiger charge is -2.14. The summed E-state index contributed by atoms with van der Waals surface area (Å²) in [6.45, 7) is 0.460. The van der Waals surface area contributed by atoms with Gasteiger partial charge in [0.1, 0.15) is 6.04 Å². The van der Waals surface area contributed by atoms with Gasteiger partial charge in [0.05, 0.1) is 17.7 Å². The Labute approximate surface area is 154 Å². The molecule has 8 nitrogen and oxygen atoms in total. The van der Waals surface area contributed by atoms with E-state index in [1.165, 1.54) is 0 Å². The predicted octanol–water partition coefficient (Wildman–Crippen LogP) is 1.17. The van der Waals surface area contributed by atoms with Gasteiger partial charge in [0.2, 0.25) is 18.6 Å². The van der Waals surface area contributed by atoms with Gasteiger partial charge in [-0.15, -0.1) is 0 Å². The van der Waals surface area contributed by atoms with Crippen LogP contribution in [0.3, 0.4) is 0 Å². The number of anilines is 1. The number of carbonyl (C=O) groups is 3. The number of amides is 3. The van der Waals surface area contributed by atoms with E-state index in [0.717, 1.165) is 5.56 Å². The molecule has 0 aromatic heterocycles. The molecule has 0 saturated carbocycles. The highest BCUT2D eigenvalue weighted by Gasteiger charge is 2.29. The molecule has 138 valence electrons. The third-order valence-electron chi connectivity index (χ3n) is 4.37. The van der Waals surface area contributed by atoms with Crippen LogP contribution in [0.15, 0.2) is 42.5 Å². The van der Waals surface area contributed by atoms with E-state index in [1.54, 1.807) is 36.4 Å². The molecular formula is C19H17N3O5. The molecule has 1 atom stereocenters. The molecule has 8 heteroatoms. The second-order valence-corrected chi connectivity index (χ2v) is 6.23. The molecule has 0 fully saturated rings. The van der Waals surface area contributed by atoms with Crippen molar-refractivity contribution in [2.45, 2.75) is 19.0 Å². The summed E-state index contributed by atoms with van der Waals surface area (Å²) in [6, 6.07) is 11.2. The Bertz CT molecular complexity index is 927. The SMILES string of the molecule is O=C(C[C@@H]1NC(=O)c2ccccc2NC1=O)NCc1ccc2c(c1)OCO2. The number of nitrogens with one attached hydrogen (secondary N) is 3. The highest BCUT2D eigenvalue weighted by atomic mass is 16.7. The van der Waals surface area contributed by atoms with Gasteiger partial charge in [-0.05, 0) is 29.8 Å². The van der Waals surface area contributed by atoms with E-state index in [9.17, 15) is 14.4 Å². The first kappa shape index (κ1) is 16.9. The van der Waals surface area contributed by atoms with Gasteiger partial charge in [0.25, 0.3) is 5.91 Å². The Morgan fingerprint density at radius 1 is 1.11 bits per heavy atom. The average molecular weight is 367 g/mol. The fourth-order valence-corrected chi connectivity index (χ4v) is 2.96. The molecule has 0 radical (unpaired) electrons. The fraction of sp³-hybridized carbons (Fsp3) is 0.211. The number of benzene rings is 2. The summed E-state index contributed by atoms with van der Waals surface area (Å²) in [4.78, 5) is 36.9. The maximum atomic E-state index is 12.3. The molecule has 2 aliphatic heterocycles. The molecule has 2 aromatic carbocycles. The number of fused-ring (bicyclic) bond motifs is 2. The van der Waals surface area contributed by atoms with Gasteiger partial charge in [-0.3, -0.25) is 14.4 Å². The van der Waals surface area contributed by atoms with E-state index in [4.69, 9.17) is 9.47 Å². The number of hydrogen-bond donors (Lipinski definition) is 3. The van der Waals surface area contributed by atoms with E-state index >= 15 is 0 Å². The summed E-state index contributed by atoms with van der Waals surface area (Å²) >= 11 is 0. The van der Waals surface area contributed by atoms with Crippen molar-refractivity contribution in [3.8, 4) is 11.5 Å². The van der Waals surface area contributed by atoms with Crippen LogP contribution in [-0.2, 0) is 16.1 Å². The predicted molar refractivity (Wildman–Crippen MR) is 95.4 cm³/mol. The minimum absolute atomic E-state index is 0.157. The van der Waals surface area contributed by atoms with E-state index in [-0.39, 0.29) is 25.7 Å². The van der Waals surface area contributed by atoms with Crippen LogP contribution >= 0.6 is 0 Å². The van der Waals surface area contributed by atoms with Gasteiger partial charge in [0, 0.05) is 6.54 Å². The highest BCUT2D eigenvalue weighted by Crippen LogP contribution is 2.32. The summed E-state index contributed by atoms with van der Waals surface area (Å²) in [7, 11) is 0. The molecule has 4 rings (SSSR count). The minimum atomic E-state index is -0.943. The second kappa shape index (κ2) is 6.99. The first-order chi connectivity index (χ1) is 13.1. The van der Waals surface area contributed by atoms with Crippen LogP contribution in [0.5, 0.6) is 11.5 Å². The second-order valence-electron chi connectivity index (χ2n) is 6.23. The molecule has 2 aromatic rings. The van der Waals surface area contributed by atoms with Crippen LogP contribution < -0.4 is 25.4 Å².